The summed E-state index contributed by atoms with van der Waals surface area (Å²) in [7, 11) is 0. The molecule has 1 aliphatic heterocycles. The number of rotatable bonds is 4. The molecule has 3 aromatic carbocycles. The Labute approximate surface area is 270 Å². The molecule has 1 atom stereocenters. The highest BCUT2D eigenvalue weighted by atomic mass is 127. The number of anilines is 3. The Balaban J connectivity index is 1.62. The second-order valence-corrected chi connectivity index (χ2v) is 15.6. The van der Waals surface area contributed by atoms with Crippen molar-refractivity contribution >= 4 is 73.8 Å². The maximum absolute atomic E-state index is 14.2. The predicted octanol–water partition coefficient (Wildman–Crippen LogP) is 9.53. The Kier molecular flexibility index (Phi) is 7.46. The number of para-hydroxylation sites is 1. The molecule has 0 fully saturated rings. The average Bonchev–Trinajstić information content (AvgIpc) is 2.89. The van der Waals surface area contributed by atoms with Crippen LogP contribution in [0.2, 0.25) is 0 Å². The summed E-state index contributed by atoms with van der Waals surface area (Å²) in [5, 5.41) is 3.66. The van der Waals surface area contributed by atoms with E-state index in [1.54, 1.807) is 0 Å². The van der Waals surface area contributed by atoms with Gasteiger partial charge in [0.25, 0.3) is 0 Å². The van der Waals surface area contributed by atoms with Gasteiger partial charge in [-0.15, -0.1) is 0 Å². The highest BCUT2D eigenvalue weighted by molar-refractivity contribution is 14.1. The third kappa shape index (κ3) is 5.54. The maximum atomic E-state index is 14.2. The van der Waals surface area contributed by atoms with Crippen LogP contribution in [0.15, 0.2) is 95.3 Å². The minimum absolute atomic E-state index is 0.126. The fraction of sp³-hybridized carbons (Fsp3) is 0.314. The molecule has 0 aromatic heterocycles. The molecule has 1 unspecified atom stereocenters. The summed E-state index contributed by atoms with van der Waals surface area (Å²) in [5.41, 5.74) is 7.19. The molecular formula is C35H34I2N2O2. The van der Waals surface area contributed by atoms with Crippen molar-refractivity contribution < 1.29 is 9.59 Å². The number of benzene rings is 3. The van der Waals surface area contributed by atoms with E-state index in [1.807, 2.05) is 6.07 Å². The van der Waals surface area contributed by atoms with Crippen molar-refractivity contribution in [3.05, 3.63) is 108 Å². The van der Waals surface area contributed by atoms with Crippen LogP contribution in [0.25, 0.3) is 0 Å². The quantitative estimate of drug-likeness (QED) is 0.269. The normalized spacial score (nSPS) is 21.5. The summed E-state index contributed by atoms with van der Waals surface area (Å²) in [4.78, 5) is 30.7. The number of nitrogens with one attached hydrogen (secondary N) is 1. The molecular weight excluding hydrogens is 734 g/mol. The fourth-order valence-corrected chi connectivity index (χ4v) is 7.46. The molecule has 3 aliphatic rings. The van der Waals surface area contributed by atoms with Crippen LogP contribution >= 0.6 is 45.2 Å². The Hall–Kier alpha value is -2.46. The summed E-state index contributed by atoms with van der Waals surface area (Å²) >= 11 is 4.63. The Morgan fingerprint density at radius 3 is 1.93 bits per heavy atom. The number of halogens is 2. The summed E-state index contributed by atoms with van der Waals surface area (Å²) in [6.07, 6.45) is 2.43. The molecule has 3 aromatic rings. The monoisotopic (exact) mass is 768 g/mol. The molecule has 210 valence electrons. The van der Waals surface area contributed by atoms with Crippen LogP contribution in [-0.2, 0) is 9.59 Å². The number of allylic oxidation sites excluding steroid dienone is 4. The summed E-state index contributed by atoms with van der Waals surface area (Å²) in [6.45, 7) is 8.66. The predicted molar refractivity (Wildman–Crippen MR) is 183 cm³/mol. The van der Waals surface area contributed by atoms with Crippen LogP contribution in [0, 0.1) is 18.0 Å². The van der Waals surface area contributed by atoms with Gasteiger partial charge in [0.1, 0.15) is 0 Å². The molecule has 0 saturated heterocycles. The van der Waals surface area contributed by atoms with E-state index in [0.717, 1.165) is 65.1 Å². The van der Waals surface area contributed by atoms with Crippen molar-refractivity contribution in [3.8, 4) is 0 Å². The first-order valence-corrected chi connectivity index (χ1v) is 16.3. The van der Waals surface area contributed by atoms with Gasteiger partial charge in [0, 0.05) is 65.5 Å². The van der Waals surface area contributed by atoms with Crippen LogP contribution in [0.3, 0.4) is 0 Å². The second kappa shape index (κ2) is 10.7. The first-order valence-electron chi connectivity index (χ1n) is 14.1. The lowest BCUT2D eigenvalue weighted by molar-refractivity contribution is -0.118. The number of fused-ring (bicyclic) bond motifs is 1. The summed E-state index contributed by atoms with van der Waals surface area (Å²) < 4.78 is 2.32. The number of carbonyl (C=O) groups excluding carboxylic acids is 2. The van der Waals surface area contributed by atoms with Crippen molar-refractivity contribution in [3.63, 3.8) is 0 Å². The number of carbonyl (C=O) groups is 2. The minimum atomic E-state index is -0.403. The van der Waals surface area contributed by atoms with Gasteiger partial charge in [0.2, 0.25) is 0 Å². The van der Waals surface area contributed by atoms with Gasteiger partial charge < -0.3 is 10.2 Å². The van der Waals surface area contributed by atoms with E-state index >= 15 is 0 Å². The van der Waals surface area contributed by atoms with Crippen molar-refractivity contribution in [1.29, 1.82) is 0 Å². The smallest absolute Gasteiger partial charge is 0.162 e. The molecule has 1 N–H and O–H groups in total. The molecule has 0 saturated carbocycles. The van der Waals surface area contributed by atoms with Gasteiger partial charge in [-0.1, -0.05) is 45.9 Å². The molecule has 2 aliphatic carbocycles. The van der Waals surface area contributed by atoms with E-state index in [1.165, 1.54) is 0 Å². The van der Waals surface area contributed by atoms with Crippen LogP contribution in [0.1, 0.15) is 64.9 Å². The lowest BCUT2D eigenvalue weighted by Crippen LogP contribution is -2.40. The standard InChI is InChI=1S/C35H34I2N2O2/c1-34(2)17-26(38-23-13-9-21(36)10-14-23)32(29(40)19-34)31-25-7-5-6-8-27(25)39(24-15-11-22(37)12-16-24)28-18-35(3,4)20-30(41)33(28)31/h5-16,31,38H,17-20H2,1-4H3. The molecule has 0 radical (unpaired) electrons. The topological polar surface area (TPSA) is 49.4 Å². The van der Waals surface area contributed by atoms with E-state index in [4.69, 9.17) is 0 Å². The van der Waals surface area contributed by atoms with Gasteiger partial charge in [0.05, 0.1) is 0 Å². The second-order valence-electron chi connectivity index (χ2n) is 13.1. The van der Waals surface area contributed by atoms with Crippen LogP contribution in [0.4, 0.5) is 17.1 Å². The van der Waals surface area contributed by atoms with Gasteiger partial charge in [-0.05, 0) is 129 Å². The highest BCUT2D eigenvalue weighted by Gasteiger charge is 2.47. The van der Waals surface area contributed by atoms with Gasteiger partial charge in [-0.2, -0.15) is 0 Å². The van der Waals surface area contributed by atoms with E-state index < -0.39 is 5.92 Å². The Bertz CT molecular complexity index is 1610. The van der Waals surface area contributed by atoms with Crippen LogP contribution < -0.4 is 10.2 Å². The zero-order valence-corrected chi connectivity index (χ0v) is 28.2. The van der Waals surface area contributed by atoms with Gasteiger partial charge in [0.15, 0.2) is 11.6 Å². The fourth-order valence-electron chi connectivity index (χ4n) is 6.74. The van der Waals surface area contributed by atoms with Crippen LogP contribution in [0.5, 0.6) is 0 Å². The van der Waals surface area contributed by atoms with Gasteiger partial charge in [-0.3, -0.25) is 9.59 Å². The zero-order valence-electron chi connectivity index (χ0n) is 23.9. The number of ketones is 2. The van der Waals surface area contributed by atoms with E-state index in [2.05, 4.69) is 150 Å². The van der Waals surface area contributed by atoms with Crippen LogP contribution in [-0.4, -0.2) is 11.6 Å². The van der Waals surface area contributed by atoms with Crippen molar-refractivity contribution in [1.82, 2.24) is 0 Å². The van der Waals surface area contributed by atoms with Gasteiger partial charge in [-0.25, -0.2) is 0 Å². The molecule has 0 spiro atoms. The number of nitrogens with zero attached hydrogens (tertiary/aromatic N) is 1. The number of hydrogen-bond acceptors (Lipinski definition) is 4. The number of Topliss-reactive ketones (excluding diaryl/α,β-unsaturated/α-hetero) is 2. The number of hydrogen-bond donors (Lipinski definition) is 1. The summed E-state index contributed by atoms with van der Waals surface area (Å²) in [6, 6.07) is 25.1. The van der Waals surface area contributed by atoms with E-state index in [0.29, 0.717) is 12.8 Å². The summed E-state index contributed by atoms with van der Waals surface area (Å²) in [5.74, 6) is -0.133. The Morgan fingerprint density at radius 1 is 0.707 bits per heavy atom. The Morgan fingerprint density at radius 2 is 1.27 bits per heavy atom. The average molecular weight is 768 g/mol. The molecule has 6 rings (SSSR count). The molecule has 0 bridgehead atoms. The largest absolute Gasteiger partial charge is 0.359 e. The first-order chi connectivity index (χ1) is 19.4. The van der Waals surface area contributed by atoms with E-state index in [-0.39, 0.29) is 22.4 Å². The molecule has 41 heavy (non-hydrogen) atoms. The van der Waals surface area contributed by atoms with Crippen molar-refractivity contribution in [2.45, 2.75) is 59.3 Å². The lowest BCUT2D eigenvalue weighted by atomic mass is 9.64. The minimum Gasteiger partial charge on any atom is -0.359 e. The van der Waals surface area contributed by atoms with Gasteiger partial charge >= 0.3 is 0 Å². The molecule has 6 heteroatoms. The molecule has 4 nitrogen and oxygen atoms in total. The van der Waals surface area contributed by atoms with Crippen molar-refractivity contribution in [2.24, 2.45) is 10.8 Å². The molecule has 0 amide bonds. The van der Waals surface area contributed by atoms with E-state index in [9.17, 15) is 9.59 Å². The SMILES string of the molecule is CC1(C)CC(=O)C(C2C3=C(CC(C)(C)CC3=O)N(c3ccc(I)cc3)c3ccccc32)=C(Nc2ccc(I)cc2)C1. The van der Waals surface area contributed by atoms with Crippen molar-refractivity contribution in [2.75, 3.05) is 10.2 Å². The first kappa shape index (κ1) is 28.6. The molecule has 1 heterocycles. The highest BCUT2D eigenvalue weighted by Crippen LogP contribution is 2.56. The third-order valence-electron chi connectivity index (χ3n) is 8.38. The zero-order chi connectivity index (χ0) is 29.1. The third-order valence-corrected chi connectivity index (χ3v) is 9.81. The maximum Gasteiger partial charge on any atom is 0.162 e. The lowest BCUT2D eigenvalue weighted by Gasteiger charge is -2.46.